The third kappa shape index (κ3) is 6.64. The van der Waals surface area contributed by atoms with Crippen molar-refractivity contribution in [3.8, 4) is 5.75 Å². The van der Waals surface area contributed by atoms with E-state index in [1.807, 2.05) is 55.3 Å². The number of hydrogen-bond acceptors (Lipinski definition) is 2. The van der Waals surface area contributed by atoms with Crippen LogP contribution in [0, 0.1) is 0 Å². The van der Waals surface area contributed by atoms with Crippen LogP contribution in [0.2, 0.25) is 0 Å². The van der Waals surface area contributed by atoms with Gasteiger partial charge in [-0.25, -0.2) is 0 Å². The fourth-order valence-corrected chi connectivity index (χ4v) is 1.25. The van der Waals surface area contributed by atoms with Crippen LogP contribution < -0.4 is 0 Å². The molecule has 0 aliphatic carbocycles. The number of phenols is 1. The smallest absolute Gasteiger partial charge is 0.122 e. The van der Waals surface area contributed by atoms with Crippen LogP contribution in [0.25, 0.3) is 12.2 Å². The second-order valence-corrected chi connectivity index (χ2v) is 3.38. The third-order valence-corrected chi connectivity index (χ3v) is 2.19. The Kier molecular flexibility index (Phi) is 9.09. The Hall–Kier alpha value is -2.61. The maximum Gasteiger partial charge on any atom is 0.122 e. The highest BCUT2D eigenvalue weighted by atomic mass is 16.3. The first kappa shape index (κ1) is 16.4. The first-order valence-electron chi connectivity index (χ1n) is 5.64. The Bertz CT molecular complexity index is 490. The third-order valence-electron chi connectivity index (χ3n) is 2.19. The van der Waals surface area contributed by atoms with Crippen molar-refractivity contribution in [3.05, 3.63) is 78.9 Å². The van der Waals surface area contributed by atoms with Gasteiger partial charge in [0.2, 0.25) is 0 Å². The van der Waals surface area contributed by atoms with E-state index in [1.165, 1.54) is 5.56 Å². The van der Waals surface area contributed by atoms with E-state index in [-0.39, 0.29) is 5.75 Å². The zero-order valence-electron chi connectivity index (χ0n) is 10.8. The fraction of sp³-hybridized carbons (Fsp3) is 0. The minimum Gasteiger partial charge on any atom is -0.507 e. The van der Waals surface area contributed by atoms with Gasteiger partial charge in [0.15, 0.2) is 0 Å². The van der Waals surface area contributed by atoms with E-state index >= 15 is 0 Å². The van der Waals surface area contributed by atoms with Crippen molar-refractivity contribution in [1.82, 2.24) is 0 Å². The van der Waals surface area contributed by atoms with E-state index < -0.39 is 0 Å². The number of benzene rings is 2. The summed E-state index contributed by atoms with van der Waals surface area (Å²) < 4.78 is 0. The van der Waals surface area contributed by atoms with Crippen LogP contribution in [0.3, 0.4) is 0 Å². The molecule has 0 bridgehead atoms. The van der Waals surface area contributed by atoms with Crippen molar-refractivity contribution >= 4 is 18.9 Å². The highest BCUT2D eigenvalue weighted by Gasteiger charge is 1.89. The van der Waals surface area contributed by atoms with Gasteiger partial charge < -0.3 is 9.90 Å². The van der Waals surface area contributed by atoms with Gasteiger partial charge in [0, 0.05) is 5.56 Å². The Morgan fingerprint density at radius 2 is 1.32 bits per heavy atom. The predicted octanol–water partition coefficient (Wildman–Crippen LogP) is 4.18. The largest absolute Gasteiger partial charge is 0.507 e. The second kappa shape index (κ2) is 10.5. The van der Waals surface area contributed by atoms with Crippen molar-refractivity contribution in [2.24, 2.45) is 0 Å². The lowest BCUT2D eigenvalue weighted by Gasteiger charge is -1.93. The number of aromatic hydroxyl groups is 1. The van der Waals surface area contributed by atoms with Gasteiger partial charge in [-0.1, -0.05) is 73.8 Å². The van der Waals surface area contributed by atoms with Crippen LogP contribution >= 0.6 is 0 Å². The Morgan fingerprint density at radius 1 is 0.789 bits per heavy atom. The summed E-state index contributed by atoms with van der Waals surface area (Å²) in [5.74, 6) is 0.285. The van der Waals surface area contributed by atoms with Crippen molar-refractivity contribution in [3.63, 3.8) is 0 Å². The molecule has 2 heteroatoms. The fourth-order valence-electron chi connectivity index (χ4n) is 1.25. The van der Waals surface area contributed by atoms with Crippen molar-refractivity contribution in [2.75, 3.05) is 0 Å². The van der Waals surface area contributed by atoms with Crippen molar-refractivity contribution in [1.29, 1.82) is 0 Å². The molecule has 98 valence electrons. The van der Waals surface area contributed by atoms with E-state index in [4.69, 9.17) is 9.90 Å². The van der Waals surface area contributed by atoms with E-state index in [2.05, 4.69) is 13.2 Å². The van der Waals surface area contributed by atoms with Crippen LogP contribution in [0.1, 0.15) is 11.1 Å². The normalized spacial score (nSPS) is 8.00. The standard InChI is InChI=1S/C8H8O.C8H8.CH2O/c1-2-7-5-3-4-6-8(7)9;1-2-8-6-4-3-5-7-8;1-2/h2-6,9H,1H2;2-7H,1H2;1H2. The number of para-hydroxylation sites is 1. The summed E-state index contributed by atoms with van der Waals surface area (Å²) >= 11 is 0. The lowest BCUT2D eigenvalue weighted by Crippen LogP contribution is -1.69. The SMILES string of the molecule is C=Cc1ccccc1.C=Cc1ccccc1O.C=O. The number of hydrogen-bond donors (Lipinski definition) is 1. The van der Waals surface area contributed by atoms with E-state index in [1.54, 1.807) is 18.2 Å². The zero-order valence-corrected chi connectivity index (χ0v) is 10.8. The summed E-state index contributed by atoms with van der Waals surface area (Å²) in [6.07, 6.45) is 3.45. The molecule has 0 radical (unpaired) electrons. The summed E-state index contributed by atoms with van der Waals surface area (Å²) in [6.45, 7) is 9.16. The lowest BCUT2D eigenvalue weighted by atomic mass is 10.2. The molecule has 2 aromatic carbocycles. The first-order chi connectivity index (χ1) is 9.27. The molecule has 0 aliphatic rings. The number of rotatable bonds is 2. The van der Waals surface area contributed by atoms with E-state index in [0.717, 1.165) is 5.56 Å². The van der Waals surface area contributed by atoms with Gasteiger partial charge in [-0.15, -0.1) is 0 Å². The molecule has 2 nitrogen and oxygen atoms in total. The topological polar surface area (TPSA) is 37.3 Å². The summed E-state index contributed by atoms with van der Waals surface area (Å²) in [5, 5.41) is 9.04. The molecule has 0 saturated carbocycles. The minimum absolute atomic E-state index is 0.285. The Morgan fingerprint density at radius 3 is 1.68 bits per heavy atom. The number of carbonyl (C=O) groups is 1. The molecule has 0 fully saturated rings. The van der Waals surface area contributed by atoms with Gasteiger partial charge in [-0.3, -0.25) is 0 Å². The van der Waals surface area contributed by atoms with E-state index in [0.29, 0.717) is 0 Å². The van der Waals surface area contributed by atoms with Crippen molar-refractivity contribution in [2.45, 2.75) is 0 Å². The maximum atomic E-state index is 9.04. The average molecular weight is 254 g/mol. The summed E-state index contributed by atoms with van der Waals surface area (Å²) in [6, 6.07) is 17.1. The number of phenolic OH excluding ortho intramolecular Hbond substituents is 1. The molecule has 19 heavy (non-hydrogen) atoms. The van der Waals surface area contributed by atoms with Crippen LogP contribution in [0.4, 0.5) is 0 Å². The van der Waals surface area contributed by atoms with Gasteiger partial charge in [0.05, 0.1) is 0 Å². The lowest BCUT2D eigenvalue weighted by molar-refractivity contribution is -0.0979. The molecule has 0 amide bonds. The molecular weight excluding hydrogens is 236 g/mol. The van der Waals surface area contributed by atoms with Gasteiger partial charge in [0.25, 0.3) is 0 Å². The molecule has 0 saturated heterocycles. The van der Waals surface area contributed by atoms with Gasteiger partial charge in [-0.05, 0) is 11.6 Å². The second-order valence-electron chi connectivity index (χ2n) is 3.38. The summed E-state index contributed by atoms with van der Waals surface area (Å²) in [5.41, 5.74) is 1.95. The van der Waals surface area contributed by atoms with Crippen LogP contribution in [-0.2, 0) is 4.79 Å². The van der Waals surface area contributed by atoms with Crippen LogP contribution in [0.5, 0.6) is 5.75 Å². The maximum absolute atomic E-state index is 9.04. The molecule has 0 heterocycles. The molecular formula is C17H18O2. The predicted molar refractivity (Wildman–Crippen MR) is 81.9 cm³/mol. The number of carbonyl (C=O) groups excluding carboxylic acids is 1. The summed E-state index contributed by atoms with van der Waals surface area (Å²) in [7, 11) is 0. The quantitative estimate of drug-likeness (QED) is 0.872. The van der Waals surface area contributed by atoms with Crippen LogP contribution in [0.15, 0.2) is 67.8 Å². The van der Waals surface area contributed by atoms with Gasteiger partial charge >= 0.3 is 0 Å². The molecule has 1 N–H and O–H groups in total. The monoisotopic (exact) mass is 254 g/mol. The molecule has 2 aromatic rings. The van der Waals surface area contributed by atoms with Crippen molar-refractivity contribution < 1.29 is 9.90 Å². The minimum atomic E-state index is 0.285. The zero-order chi connectivity index (χ0) is 14.5. The average Bonchev–Trinajstić information content (AvgIpc) is 2.51. The first-order valence-corrected chi connectivity index (χ1v) is 5.64. The Labute approximate surface area is 114 Å². The van der Waals surface area contributed by atoms with Gasteiger partial charge in [-0.2, -0.15) is 0 Å². The highest BCUT2D eigenvalue weighted by Crippen LogP contribution is 2.15. The van der Waals surface area contributed by atoms with E-state index in [9.17, 15) is 0 Å². The molecule has 0 aromatic heterocycles. The molecule has 0 unspecified atom stereocenters. The molecule has 0 atom stereocenters. The van der Waals surface area contributed by atoms with Crippen LogP contribution in [-0.4, -0.2) is 11.9 Å². The Balaban J connectivity index is 0.000000303. The molecule has 0 spiro atoms. The highest BCUT2D eigenvalue weighted by molar-refractivity contribution is 5.54. The molecule has 0 aliphatic heterocycles. The molecule has 2 rings (SSSR count). The van der Waals surface area contributed by atoms with Gasteiger partial charge in [0.1, 0.15) is 12.5 Å². The summed E-state index contributed by atoms with van der Waals surface area (Å²) in [4.78, 5) is 8.00.